The van der Waals surface area contributed by atoms with E-state index in [1.54, 1.807) is 48.4 Å². The summed E-state index contributed by atoms with van der Waals surface area (Å²) in [7, 11) is 1.58. The molecule has 0 aliphatic carbocycles. The molecule has 5 nitrogen and oxygen atoms in total. The van der Waals surface area contributed by atoms with Crippen LogP contribution in [0, 0.1) is 5.92 Å². The Bertz CT molecular complexity index is 829. The molecule has 1 fully saturated rings. The van der Waals surface area contributed by atoms with E-state index in [9.17, 15) is 18.4 Å². The largest absolute Gasteiger partial charge is 0.497 e. The summed E-state index contributed by atoms with van der Waals surface area (Å²) in [5.74, 6) is 0.722. The second-order valence-corrected chi connectivity index (χ2v) is 6.95. The van der Waals surface area contributed by atoms with E-state index in [4.69, 9.17) is 4.74 Å². The van der Waals surface area contributed by atoms with Gasteiger partial charge in [0, 0.05) is 24.6 Å². The van der Waals surface area contributed by atoms with Crippen molar-refractivity contribution in [3.63, 3.8) is 0 Å². The van der Waals surface area contributed by atoms with Crippen LogP contribution in [0.5, 0.6) is 11.5 Å². The molecule has 2 aromatic rings. The Hall–Kier alpha value is -2.96. The van der Waals surface area contributed by atoms with E-state index in [-0.39, 0.29) is 29.8 Å². The SMILES string of the molecule is COc1ccc(C(=O)C2CCN(C(=O)Cc3ccc(OC(F)F)cc3)CC2)cc1. The van der Waals surface area contributed by atoms with Gasteiger partial charge in [-0.1, -0.05) is 12.1 Å². The van der Waals surface area contributed by atoms with Gasteiger partial charge in [0.1, 0.15) is 11.5 Å². The second kappa shape index (κ2) is 9.49. The molecule has 0 atom stereocenters. The standard InChI is InChI=1S/C22H23F2NO4/c1-28-18-8-4-16(5-9-18)21(27)17-10-12-25(13-11-17)20(26)14-15-2-6-19(7-3-15)29-22(23)24/h2-9,17,22H,10-14H2,1H3. The van der Waals surface area contributed by atoms with Crippen LogP contribution in [-0.2, 0) is 11.2 Å². The minimum Gasteiger partial charge on any atom is -0.497 e. The lowest BCUT2D eigenvalue weighted by Crippen LogP contribution is -2.41. The summed E-state index contributed by atoms with van der Waals surface area (Å²) in [6, 6.07) is 13.1. The number of ether oxygens (including phenoxy) is 2. The van der Waals surface area contributed by atoms with Crippen molar-refractivity contribution in [2.75, 3.05) is 20.2 Å². The van der Waals surface area contributed by atoms with Crippen molar-refractivity contribution in [2.24, 2.45) is 5.92 Å². The molecule has 7 heteroatoms. The predicted molar refractivity (Wildman–Crippen MR) is 103 cm³/mol. The molecule has 0 N–H and O–H groups in total. The maximum absolute atomic E-state index is 12.7. The average molecular weight is 403 g/mol. The maximum Gasteiger partial charge on any atom is 0.387 e. The first-order valence-corrected chi connectivity index (χ1v) is 9.46. The zero-order chi connectivity index (χ0) is 20.8. The highest BCUT2D eigenvalue weighted by atomic mass is 19.3. The van der Waals surface area contributed by atoms with Gasteiger partial charge in [0.15, 0.2) is 5.78 Å². The smallest absolute Gasteiger partial charge is 0.387 e. The minimum atomic E-state index is -2.87. The fourth-order valence-corrected chi connectivity index (χ4v) is 3.46. The predicted octanol–water partition coefficient (Wildman–Crippen LogP) is 3.96. The summed E-state index contributed by atoms with van der Waals surface area (Å²) < 4.78 is 33.8. The second-order valence-electron chi connectivity index (χ2n) is 6.95. The lowest BCUT2D eigenvalue weighted by molar-refractivity contribution is -0.131. The fourth-order valence-electron chi connectivity index (χ4n) is 3.46. The Morgan fingerprint density at radius 3 is 2.14 bits per heavy atom. The zero-order valence-electron chi connectivity index (χ0n) is 16.1. The number of benzene rings is 2. The monoisotopic (exact) mass is 403 g/mol. The van der Waals surface area contributed by atoms with E-state index in [1.165, 1.54) is 12.1 Å². The summed E-state index contributed by atoms with van der Waals surface area (Å²) in [6.07, 6.45) is 1.43. The molecule has 0 saturated carbocycles. The molecule has 0 spiro atoms. The molecule has 0 aromatic heterocycles. The van der Waals surface area contributed by atoms with Crippen LogP contribution in [0.1, 0.15) is 28.8 Å². The quantitative estimate of drug-likeness (QED) is 0.657. The van der Waals surface area contributed by atoms with E-state index in [0.29, 0.717) is 37.2 Å². The van der Waals surface area contributed by atoms with Crippen molar-refractivity contribution in [3.8, 4) is 11.5 Å². The molecule has 1 heterocycles. The Labute approximate surface area is 168 Å². The van der Waals surface area contributed by atoms with Crippen LogP contribution in [0.2, 0.25) is 0 Å². The summed E-state index contributed by atoms with van der Waals surface area (Å²) in [4.78, 5) is 26.9. The Balaban J connectivity index is 1.50. The van der Waals surface area contributed by atoms with Crippen LogP contribution in [0.3, 0.4) is 0 Å². The van der Waals surface area contributed by atoms with Gasteiger partial charge in [-0.15, -0.1) is 0 Å². The van der Waals surface area contributed by atoms with Crippen molar-refractivity contribution in [2.45, 2.75) is 25.9 Å². The van der Waals surface area contributed by atoms with Crippen molar-refractivity contribution in [1.29, 1.82) is 0 Å². The number of amides is 1. The lowest BCUT2D eigenvalue weighted by atomic mass is 9.88. The molecule has 1 amide bonds. The topological polar surface area (TPSA) is 55.8 Å². The first kappa shape index (κ1) is 20.8. The van der Waals surface area contributed by atoms with Crippen LogP contribution in [0.4, 0.5) is 8.78 Å². The van der Waals surface area contributed by atoms with Gasteiger partial charge < -0.3 is 14.4 Å². The number of hydrogen-bond acceptors (Lipinski definition) is 4. The number of methoxy groups -OCH3 is 1. The average Bonchev–Trinajstić information content (AvgIpc) is 2.74. The molecule has 0 unspecified atom stereocenters. The molecule has 29 heavy (non-hydrogen) atoms. The lowest BCUT2D eigenvalue weighted by Gasteiger charge is -2.31. The number of likely N-dealkylation sites (tertiary alicyclic amines) is 1. The van der Waals surface area contributed by atoms with Gasteiger partial charge in [-0.2, -0.15) is 8.78 Å². The zero-order valence-corrected chi connectivity index (χ0v) is 16.1. The number of rotatable bonds is 7. The molecule has 1 aliphatic heterocycles. The first-order chi connectivity index (χ1) is 14.0. The highest BCUT2D eigenvalue weighted by Gasteiger charge is 2.28. The summed E-state index contributed by atoms with van der Waals surface area (Å²) in [5.41, 5.74) is 1.38. The van der Waals surface area contributed by atoms with E-state index in [1.807, 2.05) is 0 Å². The molecule has 2 aromatic carbocycles. The molecule has 154 valence electrons. The van der Waals surface area contributed by atoms with Crippen molar-refractivity contribution < 1.29 is 27.8 Å². The number of carbonyl (C=O) groups excluding carboxylic acids is 2. The van der Waals surface area contributed by atoms with Crippen LogP contribution in [0.15, 0.2) is 48.5 Å². The summed E-state index contributed by atoms with van der Waals surface area (Å²) in [6.45, 7) is -1.82. The molecule has 0 bridgehead atoms. The van der Waals surface area contributed by atoms with E-state index in [0.717, 1.165) is 5.56 Å². The summed E-state index contributed by atoms with van der Waals surface area (Å²) in [5, 5.41) is 0. The number of ketones is 1. The molecule has 3 rings (SSSR count). The Morgan fingerprint density at radius 1 is 1.00 bits per heavy atom. The maximum atomic E-state index is 12.7. The number of halogens is 2. The number of piperidine rings is 1. The van der Waals surface area contributed by atoms with Crippen LogP contribution in [0.25, 0.3) is 0 Å². The number of nitrogens with zero attached hydrogens (tertiary/aromatic N) is 1. The van der Waals surface area contributed by atoms with Crippen LogP contribution in [-0.4, -0.2) is 43.4 Å². The first-order valence-electron chi connectivity index (χ1n) is 9.46. The van der Waals surface area contributed by atoms with Crippen molar-refractivity contribution in [3.05, 3.63) is 59.7 Å². The van der Waals surface area contributed by atoms with Gasteiger partial charge in [0.05, 0.1) is 13.5 Å². The fraction of sp³-hybridized carbons (Fsp3) is 0.364. The van der Waals surface area contributed by atoms with Crippen LogP contribution < -0.4 is 9.47 Å². The normalized spacial score (nSPS) is 14.7. The number of alkyl halides is 2. The van der Waals surface area contributed by atoms with Gasteiger partial charge >= 0.3 is 6.61 Å². The Kier molecular flexibility index (Phi) is 6.80. The van der Waals surface area contributed by atoms with E-state index >= 15 is 0 Å². The van der Waals surface area contributed by atoms with Gasteiger partial charge in [-0.25, -0.2) is 0 Å². The van der Waals surface area contributed by atoms with Gasteiger partial charge in [-0.3, -0.25) is 9.59 Å². The van der Waals surface area contributed by atoms with Gasteiger partial charge in [0.2, 0.25) is 5.91 Å². The Morgan fingerprint density at radius 2 is 1.59 bits per heavy atom. The molecule has 1 aliphatic rings. The van der Waals surface area contributed by atoms with Crippen molar-refractivity contribution >= 4 is 11.7 Å². The number of hydrogen-bond donors (Lipinski definition) is 0. The number of carbonyl (C=O) groups is 2. The third-order valence-corrected chi connectivity index (χ3v) is 5.10. The third kappa shape index (κ3) is 5.53. The molecular formula is C22H23F2NO4. The van der Waals surface area contributed by atoms with Crippen LogP contribution >= 0.6 is 0 Å². The van der Waals surface area contributed by atoms with Gasteiger partial charge in [-0.05, 0) is 54.8 Å². The molecular weight excluding hydrogens is 380 g/mol. The molecule has 0 radical (unpaired) electrons. The van der Waals surface area contributed by atoms with E-state index < -0.39 is 6.61 Å². The molecule has 1 saturated heterocycles. The van der Waals surface area contributed by atoms with Crippen molar-refractivity contribution in [1.82, 2.24) is 4.90 Å². The minimum absolute atomic E-state index is 0.0390. The van der Waals surface area contributed by atoms with Gasteiger partial charge in [0.25, 0.3) is 0 Å². The van der Waals surface area contributed by atoms with E-state index in [2.05, 4.69) is 4.74 Å². The number of Topliss-reactive ketones (excluding diaryl/α,β-unsaturated/α-hetero) is 1. The third-order valence-electron chi connectivity index (χ3n) is 5.10. The summed E-state index contributed by atoms with van der Waals surface area (Å²) >= 11 is 0. The highest BCUT2D eigenvalue weighted by Crippen LogP contribution is 2.24. The highest BCUT2D eigenvalue weighted by molar-refractivity contribution is 5.98.